The van der Waals surface area contributed by atoms with Crippen LogP contribution in [0.1, 0.15) is 32.3 Å². The molecule has 2 aromatic carbocycles. The fourth-order valence-electron chi connectivity index (χ4n) is 6.65. The van der Waals surface area contributed by atoms with Crippen molar-refractivity contribution in [1.82, 2.24) is 20.1 Å². The Morgan fingerprint density at radius 2 is 1.91 bits per heavy atom. The van der Waals surface area contributed by atoms with E-state index >= 15 is 0 Å². The average Bonchev–Trinajstić information content (AvgIpc) is 3.71. The lowest BCUT2D eigenvalue weighted by Gasteiger charge is -2.31. The number of carbonyl (C=O) groups excluding carboxylic acids is 1. The molecule has 0 radical (unpaired) electrons. The van der Waals surface area contributed by atoms with Gasteiger partial charge >= 0.3 is 6.09 Å². The molecular formula is C32H43N5O8S. The molecule has 1 aliphatic carbocycles. The van der Waals surface area contributed by atoms with Crippen LogP contribution in [0.5, 0.6) is 0 Å². The third-order valence-corrected chi connectivity index (χ3v) is 10.5. The maximum Gasteiger partial charge on any atom is 0.407 e. The van der Waals surface area contributed by atoms with Crippen LogP contribution in [0.3, 0.4) is 0 Å². The van der Waals surface area contributed by atoms with Crippen molar-refractivity contribution in [2.75, 3.05) is 38.7 Å². The molecule has 1 amide bonds. The van der Waals surface area contributed by atoms with Gasteiger partial charge in [-0.2, -0.15) is 4.98 Å². The van der Waals surface area contributed by atoms with Crippen molar-refractivity contribution in [2.45, 2.75) is 62.5 Å². The topological polar surface area (TPSA) is 164 Å². The van der Waals surface area contributed by atoms with Crippen LogP contribution < -0.4 is 15.5 Å². The van der Waals surface area contributed by atoms with Gasteiger partial charge in [-0.3, -0.25) is 0 Å². The lowest BCUT2D eigenvalue weighted by molar-refractivity contribution is -0.169. The van der Waals surface area contributed by atoms with E-state index < -0.39 is 28.3 Å². The van der Waals surface area contributed by atoms with E-state index in [1.165, 1.54) is 17.1 Å². The van der Waals surface area contributed by atoms with Crippen LogP contribution in [-0.4, -0.2) is 87.5 Å². The van der Waals surface area contributed by atoms with E-state index in [1.807, 2.05) is 44.2 Å². The van der Waals surface area contributed by atoms with E-state index in [0.717, 1.165) is 12.0 Å². The number of sulfonamides is 1. The highest BCUT2D eigenvalue weighted by Crippen LogP contribution is 2.49. The minimum Gasteiger partial charge on any atom is -0.445 e. The van der Waals surface area contributed by atoms with Gasteiger partial charge in [-0.05, 0) is 48.9 Å². The fourth-order valence-corrected chi connectivity index (χ4v) is 7.78. The summed E-state index contributed by atoms with van der Waals surface area (Å²) in [5, 5.41) is 18.8. The summed E-state index contributed by atoms with van der Waals surface area (Å²) in [6, 6.07) is 13.5. The molecule has 250 valence electrons. The first-order valence-corrected chi connectivity index (χ1v) is 17.4. The number of nitrogens with zero attached hydrogens (tertiary/aromatic N) is 2. The molecule has 0 spiro atoms. The molecule has 3 fully saturated rings. The van der Waals surface area contributed by atoms with Crippen molar-refractivity contribution in [3.63, 3.8) is 0 Å². The zero-order valence-corrected chi connectivity index (χ0v) is 27.1. The minimum absolute atomic E-state index is 0.00594. The van der Waals surface area contributed by atoms with Gasteiger partial charge in [0.1, 0.15) is 11.6 Å². The van der Waals surface area contributed by atoms with Gasteiger partial charge in [0.25, 0.3) is 16.0 Å². The van der Waals surface area contributed by atoms with Crippen molar-refractivity contribution in [2.24, 2.45) is 23.7 Å². The van der Waals surface area contributed by atoms with Crippen molar-refractivity contribution in [1.29, 1.82) is 0 Å². The Balaban J connectivity index is 1.17. The molecule has 4 N–H and O–H groups in total. The van der Waals surface area contributed by atoms with Crippen molar-refractivity contribution in [3.8, 4) is 0 Å². The van der Waals surface area contributed by atoms with E-state index in [4.69, 9.17) is 18.6 Å². The highest BCUT2D eigenvalue weighted by atomic mass is 32.2. The van der Waals surface area contributed by atoms with E-state index in [-0.39, 0.29) is 53.5 Å². The molecule has 3 aromatic rings. The largest absolute Gasteiger partial charge is 0.445 e. The summed E-state index contributed by atoms with van der Waals surface area (Å²) in [6.45, 7) is 5.30. The maximum absolute atomic E-state index is 13.6. The monoisotopic (exact) mass is 657 g/mol. The number of hydrogen-bond donors (Lipinski definition) is 4. The molecule has 7 unspecified atom stereocenters. The van der Waals surface area contributed by atoms with E-state index in [2.05, 4.69) is 20.4 Å². The maximum atomic E-state index is 13.6. The van der Waals surface area contributed by atoms with Gasteiger partial charge in [0, 0.05) is 37.9 Å². The summed E-state index contributed by atoms with van der Waals surface area (Å²) in [4.78, 5) is 20.3. The van der Waals surface area contributed by atoms with Crippen molar-refractivity contribution >= 4 is 33.2 Å². The molecule has 14 heteroatoms. The Bertz CT molecular complexity index is 1600. The highest BCUT2D eigenvalue weighted by molar-refractivity contribution is 7.89. The Morgan fingerprint density at radius 3 is 2.67 bits per heavy atom. The first-order chi connectivity index (χ1) is 22.1. The number of carbonyl (C=O) groups is 1. The zero-order valence-electron chi connectivity index (χ0n) is 26.3. The molecular weight excluding hydrogens is 614 g/mol. The van der Waals surface area contributed by atoms with Gasteiger partial charge in [0.15, 0.2) is 11.9 Å². The van der Waals surface area contributed by atoms with Crippen molar-refractivity contribution in [3.05, 3.63) is 54.1 Å². The van der Waals surface area contributed by atoms with Gasteiger partial charge in [-0.15, -0.1) is 4.83 Å². The van der Waals surface area contributed by atoms with Gasteiger partial charge < -0.3 is 34.4 Å². The normalized spacial score (nSPS) is 25.2. The molecule has 3 aliphatic rings. The van der Waals surface area contributed by atoms with Crippen LogP contribution in [-0.2, 0) is 30.7 Å². The number of nitrogens with one attached hydrogen (secondary N) is 3. The Hall–Kier alpha value is -3.27. The first-order valence-electron chi connectivity index (χ1n) is 15.9. The van der Waals surface area contributed by atoms with Crippen LogP contribution in [0.25, 0.3) is 11.1 Å². The van der Waals surface area contributed by atoms with E-state index in [0.29, 0.717) is 43.7 Å². The third kappa shape index (κ3) is 7.32. The number of hydrazine groups is 1. The number of anilines is 1. The predicted molar refractivity (Wildman–Crippen MR) is 169 cm³/mol. The van der Waals surface area contributed by atoms with Gasteiger partial charge in [-0.25, -0.2) is 18.2 Å². The molecule has 1 aromatic heterocycles. The number of aliphatic hydroxyl groups is 1. The summed E-state index contributed by atoms with van der Waals surface area (Å²) in [5.41, 5.74) is 1.75. The predicted octanol–water partition coefficient (Wildman–Crippen LogP) is 3.12. The van der Waals surface area contributed by atoms with Crippen LogP contribution in [0.15, 0.2) is 57.8 Å². The van der Waals surface area contributed by atoms with E-state index in [1.54, 1.807) is 13.1 Å². The van der Waals surface area contributed by atoms with Crippen molar-refractivity contribution < 1.29 is 36.9 Å². The third-order valence-electron chi connectivity index (χ3n) is 9.11. The van der Waals surface area contributed by atoms with E-state index in [9.17, 15) is 18.3 Å². The quantitative estimate of drug-likeness (QED) is 0.188. The Kier molecular flexibility index (Phi) is 9.83. The highest BCUT2D eigenvalue weighted by Gasteiger charge is 2.56. The molecule has 46 heavy (non-hydrogen) atoms. The number of alkyl carbamates (subject to hydrolysis) is 1. The fraction of sp³-hybridized carbons (Fsp3) is 0.562. The molecule has 7 atom stereocenters. The molecule has 2 bridgehead atoms. The molecule has 3 heterocycles. The molecule has 13 nitrogen and oxygen atoms in total. The lowest BCUT2D eigenvalue weighted by atomic mass is 9.98. The molecule has 1 saturated carbocycles. The smallest absolute Gasteiger partial charge is 0.407 e. The number of amides is 1. The number of oxazole rings is 1. The van der Waals surface area contributed by atoms with Crippen LogP contribution in [0, 0.1) is 23.7 Å². The average molecular weight is 658 g/mol. The van der Waals surface area contributed by atoms with Gasteiger partial charge in [-0.1, -0.05) is 44.2 Å². The minimum atomic E-state index is -4.05. The SMILES string of the molecule is CNc1nc2cc(S(=O)(=O)NN(CCC(C)C)CC(O)C(Cc3ccccc3)NC(=O)OC3C4COC5OCC3C5C4)ccc2o1. The Morgan fingerprint density at radius 1 is 1.13 bits per heavy atom. The molecule has 2 aliphatic heterocycles. The number of aliphatic hydroxyl groups excluding tert-OH is 1. The molecule has 6 rings (SSSR count). The zero-order chi connectivity index (χ0) is 32.4. The van der Waals surface area contributed by atoms with Crippen LogP contribution in [0.4, 0.5) is 10.8 Å². The summed E-state index contributed by atoms with van der Waals surface area (Å²) in [7, 11) is -2.39. The van der Waals surface area contributed by atoms with Crippen LogP contribution in [0.2, 0.25) is 0 Å². The van der Waals surface area contributed by atoms with Gasteiger partial charge in [0.2, 0.25) is 0 Å². The van der Waals surface area contributed by atoms with Gasteiger partial charge in [0.05, 0.1) is 30.3 Å². The standard InChI is InChI=1S/C32H43N5O8S/c1-19(2)11-12-37(36-46(40,41)22-9-10-28-26(15-22)34-31(33-3)44-28)16-27(38)25(13-20-7-5-4-6-8-20)35-32(39)45-29-21-14-23-24(29)18-43-30(23)42-17-21/h4-10,15,19,21,23-25,27,29-30,36,38H,11-14,16-18H2,1-3H3,(H,33,34)(H,35,39). The summed E-state index contributed by atoms with van der Waals surface area (Å²) in [6.07, 6.45) is -0.455. The number of hydrogen-bond acceptors (Lipinski definition) is 11. The Labute approximate surface area is 269 Å². The van der Waals surface area contributed by atoms with Crippen LogP contribution >= 0.6 is 0 Å². The second-order valence-electron chi connectivity index (χ2n) is 12.9. The lowest BCUT2D eigenvalue weighted by Crippen LogP contribution is -2.54. The second kappa shape index (κ2) is 13.8. The number of fused-ring (bicyclic) bond motifs is 2. The summed E-state index contributed by atoms with van der Waals surface area (Å²) < 4.78 is 50.2. The number of ether oxygens (including phenoxy) is 3. The first kappa shape index (κ1) is 32.7. The summed E-state index contributed by atoms with van der Waals surface area (Å²) in [5.74, 6) is 0.696. The second-order valence-corrected chi connectivity index (χ2v) is 14.5. The number of rotatable bonds is 14. The summed E-state index contributed by atoms with van der Waals surface area (Å²) >= 11 is 0. The number of aromatic nitrogens is 1. The number of benzene rings is 2. The molecule has 2 saturated heterocycles.